The molecule has 1 aromatic carbocycles. The van der Waals surface area contributed by atoms with Crippen molar-refractivity contribution in [2.45, 2.75) is 12.8 Å². The van der Waals surface area contributed by atoms with E-state index in [1.54, 1.807) is 31.8 Å². The van der Waals surface area contributed by atoms with Gasteiger partial charge < -0.3 is 19.9 Å². The first-order chi connectivity index (χ1) is 15.5. The van der Waals surface area contributed by atoms with Crippen molar-refractivity contribution in [3.05, 3.63) is 77.0 Å². The molecule has 0 aliphatic heterocycles. The number of hydrogen-bond acceptors (Lipinski definition) is 6. The van der Waals surface area contributed by atoms with Gasteiger partial charge in [0.2, 0.25) is 0 Å². The zero-order valence-corrected chi connectivity index (χ0v) is 18.6. The van der Waals surface area contributed by atoms with Crippen molar-refractivity contribution >= 4 is 22.3 Å². The lowest BCUT2D eigenvalue weighted by Crippen LogP contribution is -2.13. The molecule has 0 amide bonds. The average Bonchev–Trinajstić information content (AvgIpc) is 2.80. The number of nitrogens with one attached hydrogen (secondary N) is 2. The molecule has 0 atom stereocenters. The molecule has 4 aromatic rings. The topological polar surface area (TPSA) is 83.1 Å². The molecule has 3 aromatic heterocycles. The average molecular weight is 430 g/mol. The van der Waals surface area contributed by atoms with Crippen LogP contribution in [0.2, 0.25) is 0 Å². The second kappa shape index (κ2) is 9.62. The number of aromatic nitrogens is 3. The lowest BCUT2D eigenvalue weighted by atomic mass is 10.1. The molecule has 0 saturated heterocycles. The van der Waals surface area contributed by atoms with E-state index in [9.17, 15) is 4.79 Å². The van der Waals surface area contributed by atoms with Crippen LogP contribution < -0.4 is 15.6 Å². The number of rotatable bonds is 8. The fourth-order valence-corrected chi connectivity index (χ4v) is 3.69. The Kier molecular flexibility index (Phi) is 6.47. The molecule has 7 heteroatoms. The lowest BCUT2D eigenvalue weighted by molar-refractivity contribution is 0.400. The van der Waals surface area contributed by atoms with Gasteiger partial charge in [0.15, 0.2) is 0 Å². The third-order valence-corrected chi connectivity index (χ3v) is 5.32. The molecule has 0 aliphatic rings. The van der Waals surface area contributed by atoms with Gasteiger partial charge in [-0.2, -0.15) is 0 Å². The Bertz CT molecular complexity index is 1270. The number of anilines is 2. The second-order valence-corrected chi connectivity index (χ2v) is 7.93. The highest BCUT2D eigenvalue weighted by atomic mass is 16.5. The van der Waals surface area contributed by atoms with E-state index in [4.69, 9.17) is 9.72 Å². The van der Waals surface area contributed by atoms with E-state index in [2.05, 4.69) is 46.4 Å². The Labute approximate surface area is 187 Å². The van der Waals surface area contributed by atoms with E-state index in [-0.39, 0.29) is 5.56 Å². The second-order valence-electron chi connectivity index (χ2n) is 7.93. The number of hydrogen-bond donors (Lipinski definition) is 2. The fraction of sp³-hybridized carbons (Fsp3) is 0.240. The van der Waals surface area contributed by atoms with Crippen LogP contribution in [0.15, 0.2) is 65.8 Å². The summed E-state index contributed by atoms with van der Waals surface area (Å²) in [6.45, 7) is 1.06. The molecular formula is C25H27N5O2. The first-order valence-electron chi connectivity index (χ1n) is 10.6. The molecule has 3 heterocycles. The fourth-order valence-electron chi connectivity index (χ4n) is 3.69. The minimum absolute atomic E-state index is 0.192. The Morgan fingerprint density at radius 1 is 1.12 bits per heavy atom. The quantitative estimate of drug-likeness (QED) is 0.436. The molecule has 0 spiro atoms. The number of fused-ring (bicyclic) bond motifs is 1. The Balaban J connectivity index is 1.69. The summed E-state index contributed by atoms with van der Waals surface area (Å²) in [5.74, 6) is 1.16. The molecule has 7 nitrogen and oxygen atoms in total. The largest absolute Gasteiger partial charge is 0.496 e. The van der Waals surface area contributed by atoms with Gasteiger partial charge in [-0.05, 0) is 74.8 Å². The van der Waals surface area contributed by atoms with Crippen molar-refractivity contribution in [3.63, 3.8) is 0 Å². The number of aryl methyl sites for hydroxylation is 1. The molecule has 0 aliphatic carbocycles. The van der Waals surface area contributed by atoms with E-state index in [1.807, 2.05) is 24.3 Å². The molecule has 0 saturated carbocycles. The highest BCUT2D eigenvalue weighted by molar-refractivity contribution is 5.95. The summed E-state index contributed by atoms with van der Waals surface area (Å²) in [5, 5.41) is 4.63. The summed E-state index contributed by atoms with van der Waals surface area (Å²) in [7, 11) is 5.78. The Morgan fingerprint density at radius 2 is 1.94 bits per heavy atom. The van der Waals surface area contributed by atoms with Crippen molar-refractivity contribution in [1.29, 1.82) is 0 Å². The van der Waals surface area contributed by atoms with Crippen molar-refractivity contribution in [3.8, 4) is 17.0 Å². The maximum absolute atomic E-state index is 12.6. The predicted molar refractivity (Wildman–Crippen MR) is 129 cm³/mol. The van der Waals surface area contributed by atoms with E-state index in [1.165, 1.54) is 5.56 Å². The van der Waals surface area contributed by atoms with Crippen molar-refractivity contribution < 1.29 is 4.74 Å². The van der Waals surface area contributed by atoms with Crippen LogP contribution >= 0.6 is 0 Å². The monoisotopic (exact) mass is 429 g/mol. The zero-order valence-electron chi connectivity index (χ0n) is 18.6. The van der Waals surface area contributed by atoms with Crippen LogP contribution in [0.4, 0.5) is 11.5 Å². The summed E-state index contributed by atoms with van der Waals surface area (Å²) in [4.78, 5) is 26.5. The van der Waals surface area contributed by atoms with Gasteiger partial charge in [-0.25, -0.2) is 4.98 Å². The number of methoxy groups -OCH3 is 1. The summed E-state index contributed by atoms with van der Waals surface area (Å²) in [6, 6.07) is 13.8. The summed E-state index contributed by atoms with van der Waals surface area (Å²) in [5.41, 5.74) is 3.39. The molecule has 32 heavy (non-hydrogen) atoms. The Hall–Kier alpha value is -3.71. The minimum atomic E-state index is -0.192. The lowest BCUT2D eigenvalue weighted by Gasteiger charge is -2.13. The van der Waals surface area contributed by atoms with Crippen molar-refractivity contribution in [2.24, 2.45) is 0 Å². The first kappa shape index (κ1) is 21.5. The van der Waals surface area contributed by atoms with E-state index >= 15 is 0 Å². The molecule has 0 radical (unpaired) electrons. The summed E-state index contributed by atoms with van der Waals surface area (Å²) >= 11 is 0. The maximum atomic E-state index is 12.6. The van der Waals surface area contributed by atoms with Gasteiger partial charge in [0.25, 0.3) is 5.56 Å². The van der Waals surface area contributed by atoms with Gasteiger partial charge >= 0.3 is 0 Å². The summed E-state index contributed by atoms with van der Waals surface area (Å²) in [6.07, 6.45) is 7.16. The summed E-state index contributed by atoms with van der Waals surface area (Å²) < 4.78 is 5.48. The molecule has 0 fully saturated rings. The van der Waals surface area contributed by atoms with E-state index in [0.717, 1.165) is 36.0 Å². The highest BCUT2D eigenvalue weighted by Crippen LogP contribution is 2.32. The van der Waals surface area contributed by atoms with Crippen molar-refractivity contribution in [2.75, 3.05) is 33.1 Å². The van der Waals surface area contributed by atoms with Gasteiger partial charge in [0, 0.05) is 24.3 Å². The van der Waals surface area contributed by atoms with Crippen LogP contribution in [0, 0.1) is 0 Å². The number of nitrogens with zero attached hydrogens (tertiary/aromatic N) is 3. The van der Waals surface area contributed by atoms with Gasteiger partial charge in [-0.3, -0.25) is 9.78 Å². The number of aromatic amines is 1. The van der Waals surface area contributed by atoms with Crippen molar-refractivity contribution in [1.82, 2.24) is 19.9 Å². The normalized spacial score (nSPS) is 11.1. The first-order valence-corrected chi connectivity index (χ1v) is 10.6. The van der Waals surface area contributed by atoms with E-state index < -0.39 is 0 Å². The Morgan fingerprint density at radius 3 is 2.69 bits per heavy atom. The molecule has 0 bridgehead atoms. The maximum Gasteiger partial charge on any atom is 0.259 e. The smallest absolute Gasteiger partial charge is 0.259 e. The SMILES string of the molecule is COc1ccncc1-c1cc2cc[nH]c(=O)c2c(Nc2ccc(CCCN(C)C)cc2)n1. The third-order valence-electron chi connectivity index (χ3n) is 5.32. The van der Waals surface area contributed by atoms with Gasteiger partial charge in [-0.1, -0.05) is 12.1 Å². The van der Waals surface area contributed by atoms with E-state index in [0.29, 0.717) is 22.6 Å². The van der Waals surface area contributed by atoms with Crippen LogP contribution in [0.3, 0.4) is 0 Å². The molecule has 4 rings (SSSR count). The predicted octanol–water partition coefficient (Wildman–Crippen LogP) is 4.23. The molecule has 164 valence electrons. The van der Waals surface area contributed by atoms with Gasteiger partial charge in [0.1, 0.15) is 11.6 Å². The van der Waals surface area contributed by atoms with Crippen LogP contribution in [-0.2, 0) is 6.42 Å². The minimum Gasteiger partial charge on any atom is -0.496 e. The standard InChI is InChI=1S/C25H27N5O2/c1-30(2)14-4-5-17-6-8-19(9-7-17)28-24-23-18(10-13-27-25(23)31)15-21(29-24)20-16-26-12-11-22(20)32-3/h6-13,15-16H,4-5,14H2,1-3H3,(H,27,31)(H,28,29). The molecular weight excluding hydrogens is 402 g/mol. The number of ether oxygens (including phenoxy) is 1. The van der Waals surface area contributed by atoms with Gasteiger partial charge in [0.05, 0.1) is 23.8 Å². The van der Waals surface area contributed by atoms with Crippen LogP contribution in [-0.4, -0.2) is 47.6 Å². The third kappa shape index (κ3) is 4.78. The highest BCUT2D eigenvalue weighted by Gasteiger charge is 2.14. The molecule has 2 N–H and O–H groups in total. The van der Waals surface area contributed by atoms with Crippen LogP contribution in [0.25, 0.3) is 22.0 Å². The van der Waals surface area contributed by atoms with Crippen LogP contribution in [0.1, 0.15) is 12.0 Å². The van der Waals surface area contributed by atoms with Gasteiger partial charge in [-0.15, -0.1) is 0 Å². The molecule has 0 unspecified atom stereocenters. The number of pyridine rings is 3. The van der Waals surface area contributed by atoms with Crippen LogP contribution in [0.5, 0.6) is 5.75 Å². The zero-order chi connectivity index (χ0) is 22.5. The number of H-pyrrole nitrogens is 1. The number of benzene rings is 1.